The lowest BCUT2D eigenvalue weighted by Gasteiger charge is -2.07. The molecule has 1 amide bonds. The third-order valence-electron chi connectivity index (χ3n) is 3.13. The second-order valence-corrected chi connectivity index (χ2v) is 6.63. The molecular weight excluding hydrogens is 344 g/mol. The highest BCUT2D eigenvalue weighted by atomic mass is 32.2. The number of sulfonamides is 1. The van der Waals surface area contributed by atoms with Crippen LogP contribution in [0, 0.1) is 0 Å². The van der Waals surface area contributed by atoms with Gasteiger partial charge in [0, 0.05) is 17.8 Å². The monoisotopic (exact) mass is 358 g/mol. The maximum Gasteiger partial charge on any atom is 0.264 e. The Morgan fingerprint density at radius 2 is 1.68 bits per heavy atom. The molecule has 0 unspecified atom stereocenters. The van der Waals surface area contributed by atoms with Crippen LogP contribution >= 0.6 is 0 Å². The Balaban J connectivity index is 1.64. The maximum atomic E-state index is 12.2. The summed E-state index contributed by atoms with van der Waals surface area (Å²) in [6.07, 6.45) is 5.73. The summed E-state index contributed by atoms with van der Waals surface area (Å²) in [5.74, 6) is 0.321. The summed E-state index contributed by atoms with van der Waals surface area (Å²) >= 11 is 0. The number of carbonyl (C=O) groups is 1. The van der Waals surface area contributed by atoms with Crippen molar-refractivity contribution in [3.63, 3.8) is 0 Å². The molecule has 3 rings (SSSR count). The average molecular weight is 358 g/mol. The Kier molecular flexibility index (Phi) is 4.71. The summed E-state index contributed by atoms with van der Waals surface area (Å²) in [5, 5.41) is 2.63. The summed E-state index contributed by atoms with van der Waals surface area (Å²) in [6.45, 7) is 0. The van der Waals surface area contributed by atoms with Gasteiger partial charge in [-0.3, -0.25) is 4.79 Å². The molecule has 0 saturated heterocycles. The van der Waals surface area contributed by atoms with E-state index in [0.717, 1.165) is 0 Å². The highest BCUT2D eigenvalue weighted by Crippen LogP contribution is 2.18. The molecule has 2 aromatic heterocycles. The third kappa shape index (κ3) is 4.39. The average Bonchev–Trinajstić information content (AvgIpc) is 3.27. The van der Waals surface area contributed by atoms with E-state index in [1.807, 2.05) is 0 Å². The molecule has 0 aliphatic carbocycles. The van der Waals surface area contributed by atoms with Crippen molar-refractivity contribution in [1.82, 2.24) is 0 Å². The van der Waals surface area contributed by atoms with Crippen molar-refractivity contribution in [3.8, 4) is 0 Å². The molecule has 8 heteroatoms. The normalized spacial score (nSPS) is 11.5. The molecule has 7 nitrogen and oxygen atoms in total. The Morgan fingerprint density at radius 1 is 0.960 bits per heavy atom. The van der Waals surface area contributed by atoms with Crippen molar-refractivity contribution < 1.29 is 22.0 Å². The number of hydrogen-bond acceptors (Lipinski definition) is 5. The van der Waals surface area contributed by atoms with Crippen LogP contribution in [0.3, 0.4) is 0 Å². The molecular formula is C17H14N2O5S. The van der Waals surface area contributed by atoms with Gasteiger partial charge in [0.1, 0.15) is 5.76 Å². The first kappa shape index (κ1) is 16.6. The van der Waals surface area contributed by atoms with E-state index in [2.05, 4.69) is 10.0 Å². The molecule has 0 bridgehead atoms. The molecule has 3 aromatic rings. The standard InChI is InChI=1S/C17H14N2O5S/c20-16(10-7-14-3-1-11-23-14)18-13-5-8-15(9-6-13)25(21,22)19-17-4-2-12-24-17/h1-12,19H,(H,18,20). The molecule has 0 atom stereocenters. The number of furan rings is 2. The molecule has 0 aliphatic heterocycles. The van der Waals surface area contributed by atoms with Gasteiger partial charge < -0.3 is 14.2 Å². The van der Waals surface area contributed by atoms with Gasteiger partial charge in [-0.1, -0.05) is 0 Å². The molecule has 0 aliphatic rings. The Hall–Kier alpha value is -3.26. The number of rotatable bonds is 6. The van der Waals surface area contributed by atoms with Gasteiger partial charge in [0.2, 0.25) is 11.8 Å². The third-order valence-corrected chi connectivity index (χ3v) is 4.49. The molecule has 2 N–H and O–H groups in total. The second-order valence-electron chi connectivity index (χ2n) is 4.95. The predicted octanol–water partition coefficient (Wildman–Crippen LogP) is 3.33. The Labute approximate surface area is 144 Å². The van der Waals surface area contributed by atoms with E-state index in [4.69, 9.17) is 8.83 Å². The number of hydrogen-bond donors (Lipinski definition) is 2. The zero-order valence-corrected chi connectivity index (χ0v) is 13.7. The van der Waals surface area contributed by atoms with Gasteiger partial charge >= 0.3 is 0 Å². The fraction of sp³-hybridized carbons (Fsp3) is 0. The van der Waals surface area contributed by atoms with Gasteiger partial charge in [-0.05, 0) is 48.5 Å². The van der Waals surface area contributed by atoms with Crippen LogP contribution in [0.1, 0.15) is 5.76 Å². The minimum atomic E-state index is -3.75. The number of anilines is 2. The quantitative estimate of drug-likeness (QED) is 0.658. The fourth-order valence-corrected chi connectivity index (χ4v) is 2.97. The molecule has 0 fully saturated rings. The summed E-state index contributed by atoms with van der Waals surface area (Å²) in [4.78, 5) is 11.9. The van der Waals surface area contributed by atoms with Crippen molar-refractivity contribution in [3.05, 3.63) is 72.9 Å². The highest BCUT2D eigenvalue weighted by Gasteiger charge is 2.15. The number of nitrogens with one attached hydrogen (secondary N) is 2. The van der Waals surface area contributed by atoms with E-state index in [-0.39, 0.29) is 16.7 Å². The Morgan fingerprint density at radius 3 is 2.32 bits per heavy atom. The zero-order valence-electron chi connectivity index (χ0n) is 12.9. The predicted molar refractivity (Wildman–Crippen MR) is 92.3 cm³/mol. The van der Waals surface area contributed by atoms with Crippen molar-refractivity contribution in [1.29, 1.82) is 0 Å². The van der Waals surface area contributed by atoms with E-state index < -0.39 is 10.0 Å². The first-order valence-electron chi connectivity index (χ1n) is 7.22. The van der Waals surface area contributed by atoms with Crippen LogP contribution in [0.15, 0.2) is 80.9 Å². The molecule has 0 radical (unpaired) electrons. The van der Waals surface area contributed by atoms with E-state index in [9.17, 15) is 13.2 Å². The molecule has 25 heavy (non-hydrogen) atoms. The van der Waals surface area contributed by atoms with E-state index >= 15 is 0 Å². The lowest BCUT2D eigenvalue weighted by molar-refractivity contribution is -0.111. The van der Waals surface area contributed by atoms with Gasteiger partial charge in [0.05, 0.1) is 17.4 Å². The van der Waals surface area contributed by atoms with Crippen LogP contribution in [0.5, 0.6) is 0 Å². The van der Waals surface area contributed by atoms with Gasteiger partial charge in [-0.15, -0.1) is 0 Å². The van der Waals surface area contributed by atoms with Crippen LogP contribution in [0.25, 0.3) is 6.08 Å². The number of benzene rings is 1. The van der Waals surface area contributed by atoms with Crippen molar-refractivity contribution in [2.75, 3.05) is 10.0 Å². The van der Waals surface area contributed by atoms with Crippen LogP contribution < -0.4 is 10.0 Å². The smallest absolute Gasteiger partial charge is 0.264 e. The lowest BCUT2D eigenvalue weighted by atomic mass is 10.3. The van der Waals surface area contributed by atoms with Crippen molar-refractivity contribution in [2.45, 2.75) is 4.90 Å². The van der Waals surface area contributed by atoms with E-state index in [1.54, 1.807) is 18.2 Å². The van der Waals surface area contributed by atoms with Crippen LogP contribution in [-0.4, -0.2) is 14.3 Å². The second kappa shape index (κ2) is 7.10. The van der Waals surface area contributed by atoms with Crippen molar-refractivity contribution in [2.24, 2.45) is 0 Å². The molecule has 0 saturated carbocycles. The topological polar surface area (TPSA) is 102 Å². The Bertz CT molecular complexity index is 957. The number of amides is 1. The minimum Gasteiger partial charge on any atom is -0.465 e. The van der Waals surface area contributed by atoms with Crippen LogP contribution in [-0.2, 0) is 14.8 Å². The van der Waals surface area contributed by atoms with Crippen LogP contribution in [0.2, 0.25) is 0 Å². The molecule has 2 heterocycles. The van der Waals surface area contributed by atoms with Crippen LogP contribution in [0.4, 0.5) is 11.6 Å². The van der Waals surface area contributed by atoms with E-state index in [1.165, 1.54) is 55.0 Å². The van der Waals surface area contributed by atoms with E-state index in [0.29, 0.717) is 11.4 Å². The first-order valence-corrected chi connectivity index (χ1v) is 8.70. The summed E-state index contributed by atoms with van der Waals surface area (Å²) in [6, 6.07) is 12.3. The maximum absolute atomic E-state index is 12.2. The van der Waals surface area contributed by atoms with Gasteiger partial charge in [-0.2, -0.15) is 0 Å². The molecule has 128 valence electrons. The largest absolute Gasteiger partial charge is 0.465 e. The number of carbonyl (C=O) groups excluding carboxylic acids is 1. The fourth-order valence-electron chi connectivity index (χ4n) is 1.97. The molecule has 1 aromatic carbocycles. The van der Waals surface area contributed by atoms with Gasteiger partial charge in [0.25, 0.3) is 10.0 Å². The lowest BCUT2D eigenvalue weighted by Crippen LogP contribution is -2.13. The summed E-state index contributed by atoms with van der Waals surface area (Å²) < 4.78 is 36.7. The van der Waals surface area contributed by atoms with Gasteiger partial charge in [0.15, 0.2) is 0 Å². The minimum absolute atomic E-state index is 0.0491. The summed E-state index contributed by atoms with van der Waals surface area (Å²) in [7, 11) is -3.75. The highest BCUT2D eigenvalue weighted by molar-refractivity contribution is 7.92. The zero-order chi connectivity index (χ0) is 17.7. The first-order chi connectivity index (χ1) is 12.0. The summed E-state index contributed by atoms with van der Waals surface area (Å²) in [5.41, 5.74) is 0.464. The van der Waals surface area contributed by atoms with Crippen molar-refractivity contribution >= 4 is 33.6 Å². The SMILES string of the molecule is O=C(C=Cc1ccco1)Nc1ccc(S(=O)(=O)Nc2ccco2)cc1. The van der Waals surface area contributed by atoms with Gasteiger partial charge in [-0.25, -0.2) is 13.1 Å². The molecule has 0 spiro atoms.